The number of furan rings is 1. The highest BCUT2D eigenvalue weighted by molar-refractivity contribution is 5.88. The lowest BCUT2D eigenvalue weighted by Crippen LogP contribution is -2.39. The zero-order valence-electron chi connectivity index (χ0n) is 14.9. The molecule has 1 aromatic heterocycles. The Morgan fingerprint density at radius 2 is 1.96 bits per heavy atom. The van der Waals surface area contributed by atoms with Crippen molar-refractivity contribution in [1.29, 1.82) is 0 Å². The van der Waals surface area contributed by atoms with Crippen LogP contribution in [-0.2, 0) is 11.3 Å². The van der Waals surface area contributed by atoms with E-state index in [0.717, 1.165) is 5.56 Å². The summed E-state index contributed by atoms with van der Waals surface area (Å²) in [5, 5.41) is 9.08. The lowest BCUT2D eigenvalue weighted by atomic mass is 10.2. The Morgan fingerprint density at radius 1 is 1.28 bits per heavy atom. The number of carbonyl (C=O) groups excluding carboxylic acids is 1. The van der Waals surface area contributed by atoms with Crippen LogP contribution in [0.5, 0.6) is 5.75 Å². The fourth-order valence-corrected chi connectivity index (χ4v) is 2.54. The number of hydrogen-bond donors (Lipinski definition) is 1. The summed E-state index contributed by atoms with van der Waals surface area (Å²) < 4.78 is 11.3. The first-order valence-electron chi connectivity index (χ1n) is 8.13. The quantitative estimate of drug-likeness (QED) is 0.832. The molecule has 2 aromatic rings. The van der Waals surface area contributed by atoms with Gasteiger partial charge in [-0.15, -0.1) is 0 Å². The number of benzene rings is 1. The number of nitrogens with zero attached hydrogens (tertiary/aromatic N) is 1. The molecule has 1 atom stereocenters. The smallest absolute Gasteiger partial charge is 0.339 e. The summed E-state index contributed by atoms with van der Waals surface area (Å²) in [7, 11) is 1.64. The number of carboxylic acid groups (broad SMARTS) is 1. The van der Waals surface area contributed by atoms with Crippen molar-refractivity contribution in [2.24, 2.45) is 0 Å². The fourth-order valence-electron chi connectivity index (χ4n) is 2.54. The van der Waals surface area contributed by atoms with Gasteiger partial charge in [-0.05, 0) is 38.0 Å². The van der Waals surface area contributed by atoms with Crippen molar-refractivity contribution in [3.8, 4) is 5.75 Å². The first-order chi connectivity index (χ1) is 11.8. The minimum absolute atomic E-state index is 0.110. The van der Waals surface area contributed by atoms with Gasteiger partial charge in [0.25, 0.3) is 5.91 Å². The number of carboxylic acids is 1. The van der Waals surface area contributed by atoms with Crippen LogP contribution in [0.3, 0.4) is 0 Å². The third-order valence-electron chi connectivity index (χ3n) is 3.98. The standard InChI is InChI=1S/C19H23NO5/c1-5-16(25-17-9-7-6-8-12(17)2)18(21)20(4)11-14-10-15(19(22)23)13(3)24-14/h6-10,16H,5,11H2,1-4H3,(H,22,23). The van der Waals surface area contributed by atoms with Crippen molar-refractivity contribution >= 4 is 11.9 Å². The summed E-state index contributed by atoms with van der Waals surface area (Å²) in [5.74, 6) is 0.202. The lowest BCUT2D eigenvalue weighted by Gasteiger charge is -2.23. The number of rotatable bonds is 7. The molecule has 0 aliphatic rings. The van der Waals surface area contributed by atoms with Crippen molar-refractivity contribution in [2.45, 2.75) is 39.8 Å². The van der Waals surface area contributed by atoms with Gasteiger partial charge in [0.2, 0.25) is 0 Å². The highest BCUT2D eigenvalue weighted by Crippen LogP contribution is 2.21. The molecule has 1 unspecified atom stereocenters. The number of aryl methyl sites for hydroxylation is 2. The molecule has 6 nitrogen and oxygen atoms in total. The number of para-hydroxylation sites is 1. The third-order valence-corrected chi connectivity index (χ3v) is 3.98. The molecule has 134 valence electrons. The fraction of sp³-hybridized carbons (Fsp3) is 0.368. The van der Waals surface area contributed by atoms with E-state index in [2.05, 4.69) is 0 Å². The molecular weight excluding hydrogens is 322 g/mol. The zero-order valence-corrected chi connectivity index (χ0v) is 14.9. The number of aromatic carboxylic acids is 1. The Hall–Kier alpha value is -2.76. The normalized spacial score (nSPS) is 11.8. The van der Waals surface area contributed by atoms with E-state index >= 15 is 0 Å². The lowest BCUT2D eigenvalue weighted by molar-refractivity contribution is -0.138. The van der Waals surface area contributed by atoms with Gasteiger partial charge in [-0.2, -0.15) is 0 Å². The summed E-state index contributed by atoms with van der Waals surface area (Å²) in [6, 6.07) is 8.98. The number of likely N-dealkylation sites (N-methyl/N-ethyl adjacent to an activating group) is 1. The number of ether oxygens (including phenoxy) is 1. The molecule has 0 aliphatic heterocycles. The van der Waals surface area contributed by atoms with Crippen LogP contribution in [0.2, 0.25) is 0 Å². The number of carbonyl (C=O) groups is 2. The molecule has 0 aliphatic carbocycles. The van der Waals surface area contributed by atoms with Gasteiger partial charge >= 0.3 is 5.97 Å². The molecule has 1 N–H and O–H groups in total. The summed E-state index contributed by atoms with van der Waals surface area (Å²) in [6.07, 6.45) is -0.0872. The average Bonchev–Trinajstić information content (AvgIpc) is 2.94. The number of hydrogen-bond acceptors (Lipinski definition) is 4. The van der Waals surface area contributed by atoms with Crippen LogP contribution in [0.1, 0.15) is 40.8 Å². The Morgan fingerprint density at radius 3 is 2.52 bits per heavy atom. The molecule has 1 heterocycles. The topological polar surface area (TPSA) is 80.0 Å². The van der Waals surface area contributed by atoms with E-state index in [1.54, 1.807) is 14.0 Å². The highest BCUT2D eigenvalue weighted by Gasteiger charge is 2.24. The van der Waals surface area contributed by atoms with Gasteiger partial charge in [-0.1, -0.05) is 25.1 Å². The van der Waals surface area contributed by atoms with E-state index in [0.29, 0.717) is 23.7 Å². The summed E-state index contributed by atoms with van der Waals surface area (Å²) in [6.45, 7) is 5.58. The molecule has 1 aromatic carbocycles. The Bertz CT molecular complexity index is 765. The van der Waals surface area contributed by atoms with Crippen molar-refractivity contribution < 1.29 is 23.8 Å². The minimum Gasteiger partial charge on any atom is -0.480 e. The van der Waals surface area contributed by atoms with Gasteiger partial charge in [0.15, 0.2) is 6.10 Å². The molecule has 25 heavy (non-hydrogen) atoms. The van der Waals surface area contributed by atoms with E-state index in [9.17, 15) is 9.59 Å². The van der Waals surface area contributed by atoms with Gasteiger partial charge in [0.05, 0.1) is 6.54 Å². The van der Waals surface area contributed by atoms with Crippen LogP contribution in [0.15, 0.2) is 34.7 Å². The molecule has 0 spiro atoms. The van der Waals surface area contributed by atoms with Gasteiger partial charge in [-0.25, -0.2) is 4.79 Å². The van der Waals surface area contributed by atoms with Crippen molar-refractivity contribution in [2.75, 3.05) is 7.05 Å². The highest BCUT2D eigenvalue weighted by atomic mass is 16.5. The Balaban J connectivity index is 2.08. The maximum atomic E-state index is 12.7. The second-order valence-corrected chi connectivity index (χ2v) is 5.96. The molecule has 6 heteroatoms. The van der Waals surface area contributed by atoms with E-state index in [1.165, 1.54) is 11.0 Å². The Labute approximate surface area is 147 Å². The number of amides is 1. The van der Waals surface area contributed by atoms with E-state index in [4.69, 9.17) is 14.3 Å². The molecule has 2 rings (SSSR count). The second-order valence-electron chi connectivity index (χ2n) is 5.96. The molecule has 0 bridgehead atoms. The predicted molar refractivity (Wildman–Crippen MR) is 92.8 cm³/mol. The van der Waals surface area contributed by atoms with E-state index in [-0.39, 0.29) is 18.0 Å². The van der Waals surface area contributed by atoms with Crippen molar-refractivity contribution in [3.63, 3.8) is 0 Å². The summed E-state index contributed by atoms with van der Waals surface area (Å²) in [5.41, 5.74) is 1.07. The first kappa shape index (κ1) is 18.6. The van der Waals surface area contributed by atoms with Crippen LogP contribution < -0.4 is 4.74 Å². The SMILES string of the molecule is CCC(Oc1ccccc1C)C(=O)N(C)Cc1cc(C(=O)O)c(C)o1. The zero-order chi connectivity index (χ0) is 18.6. The van der Waals surface area contributed by atoms with Crippen LogP contribution >= 0.6 is 0 Å². The maximum absolute atomic E-state index is 12.7. The minimum atomic E-state index is -1.05. The van der Waals surface area contributed by atoms with Crippen molar-refractivity contribution in [1.82, 2.24) is 4.90 Å². The van der Waals surface area contributed by atoms with Crippen LogP contribution in [0.4, 0.5) is 0 Å². The van der Waals surface area contributed by atoms with E-state index < -0.39 is 12.1 Å². The summed E-state index contributed by atoms with van der Waals surface area (Å²) >= 11 is 0. The predicted octanol–water partition coefficient (Wildman–Crippen LogP) is 3.41. The van der Waals surface area contributed by atoms with Crippen LogP contribution in [0, 0.1) is 13.8 Å². The van der Waals surface area contributed by atoms with Gasteiger partial charge in [0.1, 0.15) is 22.8 Å². The molecular formula is C19H23NO5. The third kappa shape index (κ3) is 4.41. The van der Waals surface area contributed by atoms with Gasteiger partial charge < -0.3 is 19.2 Å². The van der Waals surface area contributed by atoms with Crippen molar-refractivity contribution in [3.05, 3.63) is 53.0 Å². The maximum Gasteiger partial charge on any atom is 0.339 e. The van der Waals surface area contributed by atoms with Crippen LogP contribution in [-0.4, -0.2) is 35.0 Å². The van der Waals surface area contributed by atoms with Crippen LogP contribution in [0.25, 0.3) is 0 Å². The molecule has 0 fully saturated rings. The Kier molecular flexibility index (Phi) is 5.85. The molecule has 0 saturated heterocycles. The molecule has 0 saturated carbocycles. The first-order valence-corrected chi connectivity index (χ1v) is 8.13. The molecule has 0 radical (unpaired) electrons. The summed E-state index contributed by atoms with van der Waals surface area (Å²) in [4.78, 5) is 25.2. The van der Waals surface area contributed by atoms with Gasteiger partial charge in [-0.3, -0.25) is 4.79 Å². The largest absolute Gasteiger partial charge is 0.480 e. The second kappa shape index (κ2) is 7.88. The average molecular weight is 345 g/mol. The molecule has 1 amide bonds. The van der Waals surface area contributed by atoms with Gasteiger partial charge in [0, 0.05) is 7.05 Å². The monoisotopic (exact) mass is 345 g/mol. The van der Waals surface area contributed by atoms with E-state index in [1.807, 2.05) is 38.1 Å².